The van der Waals surface area contributed by atoms with Crippen LogP contribution in [0.2, 0.25) is 5.02 Å². The average molecular weight is 305 g/mol. The Balaban J connectivity index is 1.67. The normalized spacial score (nSPS) is 18.0. The standard InChI is InChI=1S/C15H13ClN2O3/c16-10-3-5-12(6-4-10)18-9-11(8-14(18)19)17-15(20)13-2-1-7-21-13/h1-7,11H,8-9H2,(H,17,20)/t11-/m1/s1. The van der Waals surface area contributed by atoms with Gasteiger partial charge in [0.2, 0.25) is 5.91 Å². The third-order valence-corrected chi connectivity index (χ3v) is 3.60. The number of carbonyl (C=O) groups is 2. The Bertz CT molecular complexity index is 652. The molecule has 0 aliphatic carbocycles. The molecule has 6 heteroatoms. The molecule has 1 aliphatic rings. The number of anilines is 1. The molecule has 5 nitrogen and oxygen atoms in total. The number of nitrogens with one attached hydrogen (secondary N) is 1. The predicted molar refractivity (Wildman–Crippen MR) is 78.4 cm³/mol. The van der Waals surface area contributed by atoms with Crippen LogP contribution < -0.4 is 10.2 Å². The second-order valence-electron chi connectivity index (χ2n) is 4.83. The van der Waals surface area contributed by atoms with E-state index < -0.39 is 0 Å². The SMILES string of the molecule is O=C(N[C@@H]1CC(=O)N(c2ccc(Cl)cc2)C1)c1ccco1. The Morgan fingerprint density at radius 3 is 2.71 bits per heavy atom. The summed E-state index contributed by atoms with van der Waals surface area (Å²) in [6, 6.07) is 10.1. The largest absolute Gasteiger partial charge is 0.459 e. The van der Waals surface area contributed by atoms with Gasteiger partial charge < -0.3 is 14.6 Å². The first kappa shape index (κ1) is 13.7. The molecule has 1 atom stereocenters. The lowest BCUT2D eigenvalue weighted by atomic mass is 10.2. The Morgan fingerprint density at radius 1 is 1.29 bits per heavy atom. The van der Waals surface area contributed by atoms with Crippen molar-refractivity contribution < 1.29 is 14.0 Å². The fourth-order valence-electron chi connectivity index (χ4n) is 2.34. The van der Waals surface area contributed by atoms with Crippen molar-refractivity contribution in [3.63, 3.8) is 0 Å². The number of carbonyl (C=O) groups excluding carboxylic acids is 2. The zero-order chi connectivity index (χ0) is 14.8. The summed E-state index contributed by atoms with van der Waals surface area (Å²) in [5, 5.41) is 3.42. The van der Waals surface area contributed by atoms with Crippen LogP contribution >= 0.6 is 11.6 Å². The first-order chi connectivity index (χ1) is 10.1. The van der Waals surface area contributed by atoms with Crippen LogP contribution in [0, 0.1) is 0 Å². The van der Waals surface area contributed by atoms with Crippen molar-refractivity contribution in [1.82, 2.24) is 5.32 Å². The molecule has 1 aliphatic heterocycles. The summed E-state index contributed by atoms with van der Waals surface area (Å²) >= 11 is 5.84. The van der Waals surface area contributed by atoms with Gasteiger partial charge in [-0.1, -0.05) is 11.6 Å². The van der Waals surface area contributed by atoms with Crippen molar-refractivity contribution in [2.45, 2.75) is 12.5 Å². The minimum atomic E-state index is -0.309. The molecule has 1 N–H and O–H groups in total. The Labute approximate surface area is 126 Å². The van der Waals surface area contributed by atoms with Crippen LogP contribution in [0.25, 0.3) is 0 Å². The van der Waals surface area contributed by atoms with E-state index in [9.17, 15) is 9.59 Å². The Kier molecular flexibility index (Phi) is 3.66. The van der Waals surface area contributed by atoms with Gasteiger partial charge in [-0.2, -0.15) is 0 Å². The van der Waals surface area contributed by atoms with E-state index in [1.807, 2.05) is 0 Å². The summed E-state index contributed by atoms with van der Waals surface area (Å²) < 4.78 is 5.03. The lowest BCUT2D eigenvalue weighted by Crippen LogP contribution is -2.37. The zero-order valence-corrected chi connectivity index (χ0v) is 11.8. The number of nitrogens with zero attached hydrogens (tertiary/aromatic N) is 1. The fraction of sp³-hybridized carbons (Fsp3) is 0.200. The molecule has 2 heterocycles. The predicted octanol–water partition coefficient (Wildman–Crippen LogP) is 2.47. The summed E-state index contributed by atoms with van der Waals surface area (Å²) in [6.07, 6.45) is 1.71. The van der Waals surface area contributed by atoms with E-state index in [-0.39, 0.29) is 30.0 Å². The summed E-state index contributed by atoms with van der Waals surface area (Å²) in [6.45, 7) is 0.437. The van der Waals surface area contributed by atoms with Gasteiger partial charge >= 0.3 is 0 Å². The van der Waals surface area contributed by atoms with Crippen molar-refractivity contribution in [2.24, 2.45) is 0 Å². The first-order valence-electron chi connectivity index (χ1n) is 6.54. The molecule has 108 valence electrons. The van der Waals surface area contributed by atoms with E-state index in [0.29, 0.717) is 11.6 Å². The van der Waals surface area contributed by atoms with Crippen molar-refractivity contribution in [3.05, 3.63) is 53.4 Å². The van der Waals surface area contributed by atoms with E-state index in [2.05, 4.69) is 5.32 Å². The van der Waals surface area contributed by atoms with Crippen LogP contribution in [0.15, 0.2) is 47.1 Å². The number of halogens is 1. The minimum absolute atomic E-state index is 0.0259. The van der Waals surface area contributed by atoms with Crippen LogP contribution in [0.3, 0.4) is 0 Å². The number of benzene rings is 1. The first-order valence-corrected chi connectivity index (χ1v) is 6.91. The van der Waals surface area contributed by atoms with Gasteiger partial charge in [-0.25, -0.2) is 0 Å². The van der Waals surface area contributed by atoms with Crippen molar-refractivity contribution in [3.8, 4) is 0 Å². The molecule has 2 amide bonds. The van der Waals surface area contributed by atoms with Crippen LogP contribution in [0.4, 0.5) is 5.69 Å². The van der Waals surface area contributed by atoms with Crippen LogP contribution in [0.1, 0.15) is 17.0 Å². The molecule has 1 aromatic heterocycles. The van der Waals surface area contributed by atoms with Gasteiger partial charge in [0.1, 0.15) is 0 Å². The Morgan fingerprint density at radius 2 is 2.05 bits per heavy atom. The number of hydrogen-bond donors (Lipinski definition) is 1. The van der Waals surface area contributed by atoms with Crippen molar-refractivity contribution >= 4 is 29.1 Å². The maximum atomic E-state index is 12.1. The van der Waals surface area contributed by atoms with Crippen LogP contribution in [-0.2, 0) is 4.79 Å². The second kappa shape index (κ2) is 5.61. The lowest BCUT2D eigenvalue weighted by molar-refractivity contribution is -0.117. The Hall–Kier alpha value is -2.27. The van der Waals surface area contributed by atoms with Gasteiger partial charge in [0.25, 0.3) is 5.91 Å². The topological polar surface area (TPSA) is 62.6 Å². The summed E-state index contributed by atoms with van der Waals surface area (Å²) in [7, 11) is 0. The smallest absolute Gasteiger partial charge is 0.287 e. The molecule has 1 saturated heterocycles. The van der Waals surface area contributed by atoms with E-state index >= 15 is 0 Å². The highest BCUT2D eigenvalue weighted by Crippen LogP contribution is 2.23. The molecule has 2 aromatic rings. The molecule has 0 bridgehead atoms. The van der Waals surface area contributed by atoms with Gasteiger partial charge in [-0.15, -0.1) is 0 Å². The van der Waals surface area contributed by atoms with E-state index in [4.69, 9.17) is 16.0 Å². The third-order valence-electron chi connectivity index (χ3n) is 3.34. The molecule has 1 aromatic carbocycles. The maximum absolute atomic E-state index is 12.1. The molecule has 0 unspecified atom stereocenters. The monoisotopic (exact) mass is 304 g/mol. The highest BCUT2D eigenvalue weighted by atomic mass is 35.5. The molecular weight excluding hydrogens is 292 g/mol. The third kappa shape index (κ3) is 2.92. The van der Waals surface area contributed by atoms with E-state index in [0.717, 1.165) is 5.69 Å². The molecule has 0 saturated carbocycles. The fourth-order valence-corrected chi connectivity index (χ4v) is 2.47. The quantitative estimate of drug-likeness (QED) is 0.947. The van der Waals surface area contributed by atoms with Crippen molar-refractivity contribution in [1.29, 1.82) is 0 Å². The number of hydrogen-bond acceptors (Lipinski definition) is 3. The van der Waals surface area contributed by atoms with Gasteiger partial charge in [0.05, 0.1) is 12.3 Å². The molecule has 1 fully saturated rings. The van der Waals surface area contributed by atoms with Gasteiger partial charge in [-0.05, 0) is 36.4 Å². The molecule has 0 spiro atoms. The van der Waals surface area contributed by atoms with Crippen LogP contribution in [-0.4, -0.2) is 24.4 Å². The summed E-state index contributed by atoms with van der Waals surface area (Å²) in [5.41, 5.74) is 0.777. The summed E-state index contributed by atoms with van der Waals surface area (Å²) in [4.78, 5) is 25.6. The van der Waals surface area contributed by atoms with E-state index in [1.165, 1.54) is 6.26 Å². The molecule has 21 heavy (non-hydrogen) atoms. The second-order valence-corrected chi connectivity index (χ2v) is 5.27. The number of amides is 2. The number of furan rings is 1. The lowest BCUT2D eigenvalue weighted by Gasteiger charge is -2.17. The number of rotatable bonds is 3. The maximum Gasteiger partial charge on any atom is 0.287 e. The minimum Gasteiger partial charge on any atom is -0.459 e. The highest BCUT2D eigenvalue weighted by Gasteiger charge is 2.32. The van der Waals surface area contributed by atoms with Gasteiger partial charge in [-0.3, -0.25) is 9.59 Å². The summed E-state index contributed by atoms with van der Waals surface area (Å²) in [5.74, 6) is -0.0924. The zero-order valence-electron chi connectivity index (χ0n) is 11.1. The molecule has 0 radical (unpaired) electrons. The van der Waals surface area contributed by atoms with Crippen LogP contribution in [0.5, 0.6) is 0 Å². The molecule has 3 rings (SSSR count). The van der Waals surface area contributed by atoms with Gasteiger partial charge in [0, 0.05) is 23.7 Å². The van der Waals surface area contributed by atoms with Gasteiger partial charge in [0.15, 0.2) is 5.76 Å². The highest BCUT2D eigenvalue weighted by molar-refractivity contribution is 6.30. The molecular formula is C15H13ClN2O3. The van der Waals surface area contributed by atoms with Crippen molar-refractivity contribution in [2.75, 3.05) is 11.4 Å². The average Bonchev–Trinajstić information content (AvgIpc) is 3.10. The van der Waals surface area contributed by atoms with E-state index in [1.54, 1.807) is 41.3 Å².